The predicted octanol–water partition coefficient (Wildman–Crippen LogP) is 3.85. The monoisotopic (exact) mass is 325 g/mol. The summed E-state index contributed by atoms with van der Waals surface area (Å²) in [6.07, 6.45) is -0.542. The zero-order valence-corrected chi connectivity index (χ0v) is 12.2. The number of ether oxygens (including phenoxy) is 1. The number of likely N-dealkylation sites (N-methyl/N-ethyl adjacent to an activating group) is 1. The molecule has 1 aromatic carbocycles. The van der Waals surface area contributed by atoms with Gasteiger partial charge in [-0.2, -0.15) is 0 Å². The van der Waals surface area contributed by atoms with Gasteiger partial charge in [0.2, 0.25) is 5.91 Å². The second-order valence-corrected chi connectivity index (χ2v) is 4.70. The van der Waals surface area contributed by atoms with Gasteiger partial charge in [0.1, 0.15) is 11.5 Å². The maximum absolute atomic E-state index is 12.4. The van der Waals surface area contributed by atoms with Crippen LogP contribution in [0.1, 0.15) is 11.3 Å². The van der Waals surface area contributed by atoms with E-state index in [2.05, 4.69) is 4.74 Å². The van der Waals surface area contributed by atoms with Crippen LogP contribution >= 0.6 is 0 Å². The molecule has 0 aliphatic heterocycles. The smallest absolute Gasteiger partial charge is 0.465 e. The first-order chi connectivity index (χ1) is 10.8. The molecule has 2 rings (SSSR count). The summed E-state index contributed by atoms with van der Waals surface area (Å²) in [5, 5.41) is 0. The second-order valence-electron chi connectivity index (χ2n) is 4.70. The van der Waals surface area contributed by atoms with E-state index in [9.17, 15) is 18.0 Å². The van der Waals surface area contributed by atoms with Crippen molar-refractivity contribution < 1.29 is 27.1 Å². The fourth-order valence-corrected chi connectivity index (χ4v) is 1.86. The number of para-hydroxylation sites is 1. The van der Waals surface area contributed by atoms with Crippen molar-refractivity contribution in [1.82, 2.24) is 4.90 Å². The van der Waals surface area contributed by atoms with E-state index in [0.29, 0.717) is 5.76 Å². The molecule has 0 radical (unpaired) electrons. The van der Waals surface area contributed by atoms with Crippen LogP contribution in [0.4, 0.5) is 13.2 Å². The summed E-state index contributed by atoms with van der Waals surface area (Å²) in [5.74, 6) is -0.189. The quantitative estimate of drug-likeness (QED) is 0.784. The van der Waals surface area contributed by atoms with Gasteiger partial charge in [0.15, 0.2) is 0 Å². The van der Waals surface area contributed by atoms with Crippen molar-refractivity contribution in [1.29, 1.82) is 0 Å². The molecule has 0 saturated carbocycles. The fourth-order valence-electron chi connectivity index (χ4n) is 1.86. The summed E-state index contributed by atoms with van der Waals surface area (Å²) in [6, 6.07) is 9.05. The van der Waals surface area contributed by atoms with Crippen molar-refractivity contribution in [3.63, 3.8) is 0 Å². The van der Waals surface area contributed by atoms with E-state index in [1.807, 2.05) is 0 Å². The highest BCUT2D eigenvalue weighted by Crippen LogP contribution is 2.26. The maximum atomic E-state index is 12.4. The number of hydrogen-bond donors (Lipinski definition) is 0. The number of carbonyl (C=O) groups is 1. The summed E-state index contributed by atoms with van der Waals surface area (Å²) in [4.78, 5) is 13.2. The average molecular weight is 325 g/mol. The van der Waals surface area contributed by atoms with Gasteiger partial charge in [0.05, 0.1) is 6.26 Å². The van der Waals surface area contributed by atoms with Crippen molar-refractivity contribution in [2.75, 3.05) is 7.05 Å². The molecule has 0 atom stereocenters. The van der Waals surface area contributed by atoms with Crippen molar-refractivity contribution in [2.24, 2.45) is 0 Å². The molecule has 2 aromatic rings. The Hall–Kier alpha value is -2.70. The summed E-state index contributed by atoms with van der Waals surface area (Å²) < 4.78 is 46.1. The fraction of sp³-hybridized carbons (Fsp3) is 0.188. The molecule has 23 heavy (non-hydrogen) atoms. The van der Waals surface area contributed by atoms with E-state index in [4.69, 9.17) is 4.42 Å². The number of halogens is 3. The Morgan fingerprint density at radius 1 is 1.26 bits per heavy atom. The first-order valence-electron chi connectivity index (χ1n) is 6.65. The van der Waals surface area contributed by atoms with Crippen molar-refractivity contribution in [3.8, 4) is 5.75 Å². The van der Waals surface area contributed by atoms with Crippen LogP contribution in [0.5, 0.6) is 5.75 Å². The lowest BCUT2D eigenvalue weighted by Crippen LogP contribution is -2.25. The summed E-state index contributed by atoms with van der Waals surface area (Å²) in [7, 11) is 1.49. The Morgan fingerprint density at radius 3 is 2.65 bits per heavy atom. The Labute approximate surface area is 130 Å². The third-order valence-corrected chi connectivity index (χ3v) is 2.92. The van der Waals surface area contributed by atoms with Crippen LogP contribution in [0.25, 0.3) is 6.08 Å². The van der Waals surface area contributed by atoms with Crippen LogP contribution < -0.4 is 4.74 Å². The van der Waals surface area contributed by atoms with E-state index in [0.717, 1.165) is 0 Å². The molecule has 0 aliphatic carbocycles. The Bertz CT molecular complexity index is 678. The number of benzene rings is 1. The molecule has 0 unspecified atom stereocenters. The van der Waals surface area contributed by atoms with Crippen LogP contribution in [-0.4, -0.2) is 24.2 Å². The van der Waals surface area contributed by atoms with Gasteiger partial charge in [-0.05, 0) is 24.3 Å². The highest BCUT2D eigenvalue weighted by molar-refractivity contribution is 5.91. The second kappa shape index (κ2) is 7.04. The number of hydrogen-bond acceptors (Lipinski definition) is 3. The van der Waals surface area contributed by atoms with Gasteiger partial charge >= 0.3 is 6.36 Å². The van der Waals surface area contributed by atoms with Gasteiger partial charge in [0, 0.05) is 25.2 Å². The number of furan rings is 1. The topological polar surface area (TPSA) is 42.7 Å². The van der Waals surface area contributed by atoms with Gasteiger partial charge in [-0.3, -0.25) is 4.79 Å². The van der Waals surface area contributed by atoms with Gasteiger partial charge in [-0.25, -0.2) is 0 Å². The number of alkyl halides is 3. The van der Waals surface area contributed by atoms with Gasteiger partial charge < -0.3 is 14.1 Å². The normalized spacial score (nSPS) is 11.7. The average Bonchev–Trinajstić information content (AvgIpc) is 2.98. The largest absolute Gasteiger partial charge is 0.573 e. The minimum absolute atomic E-state index is 0.0203. The molecule has 0 fully saturated rings. The van der Waals surface area contributed by atoms with E-state index < -0.39 is 6.36 Å². The molecule has 1 aromatic heterocycles. The van der Waals surface area contributed by atoms with E-state index >= 15 is 0 Å². The van der Waals surface area contributed by atoms with Crippen molar-refractivity contribution in [3.05, 3.63) is 60.1 Å². The molecule has 1 heterocycles. The van der Waals surface area contributed by atoms with Crippen LogP contribution in [0.2, 0.25) is 0 Å². The summed E-state index contributed by atoms with van der Waals surface area (Å²) >= 11 is 0. The standard InChI is InChI=1S/C16H14F3NO3/c1-20(15(21)9-8-13-6-4-10-22-13)11-12-5-2-3-7-14(12)23-16(17,18)19/h2-10H,11H2,1H3/b9-8+. The van der Waals surface area contributed by atoms with Crippen LogP contribution in [0.3, 0.4) is 0 Å². The van der Waals surface area contributed by atoms with Gasteiger partial charge in [-0.15, -0.1) is 13.2 Å². The van der Waals surface area contributed by atoms with E-state index in [1.54, 1.807) is 18.2 Å². The molecule has 0 saturated heterocycles. The molecule has 0 spiro atoms. The highest BCUT2D eigenvalue weighted by Gasteiger charge is 2.32. The third-order valence-electron chi connectivity index (χ3n) is 2.92. The maximum Gasteiger partial charge on any atom is 0.573 e. The number of nitrogens with zero attached hydrogens (tertiary/aromatic N) is 1. The Morgan fingerprint density at radius 2 is 2.00 bits per heavy atom. The van der Waals surface area contributed by atoms with E-state index in [1.165, 1.54) is 48.6 Å². The lowest BCUT2D eigenvalue weighted by molar-refractivity contribution is -0.275. The molecule has 0 aliphatic rings. The van der Waals surface area contributed by atoms with Gasteiger partial charge in [0.25, 0.3) is 0 Å². The first kappa shape index (κ1) is 16.7. The SMILES string of the molecule is CN(Cc1ccccc1OC(F)(F)F)C(=O)/C=C/c1ccco1. The number of carbonyl (C=O) groups excluding carboxylic acids is 1. The zero-order valence-electron chi connectivity index (χ0n) is 12.2. The molecule has 7 heteroatoms. The van der Waals surface area contributed by atoms with Gasteiger partial charge in [-0.1, -0.05) is 18.2 Å². The molecule has 1 amide bonds. The molecule has 4 nitrogen and oxygen atoms in total. The zero-order chi connectivity index (χ0) is 16.9. The number of amides is 1. The number of rotatable bonds is 5. The van der Waals surface area contributed by atoms with E-state index in [-0.39, 0.29) is 23.8 Å². The lowest BCUT2D eigenvalue weighted by Gasteiger charge is -2.18. The minimum atomic E-state index is -4.78. The predicted molar refractivity (Wildman–Crippen MR) is 77.3 cm³/mol. The molecule has 0 N–H and O–H groups in total. The third kappa shape index (κ3) is 5.21. The Kier molecular flexibility index (Phi) is 5.10. The molecule has 0 bridgehead atoms. The van der Waals surface area contributed by atoms with Crippen LogP contribution in [0, 0.1) is 0 Å². The summed E-state index contributed by atoms with van der Waals surface area (Å²) in [5.41, 5.74) is 0.257. The molecular weight excluding hydrogens is 311 g/mol. The van der Waals surface area contributed by atoms with Crippen LogP contribution in [-0.2, 0) is 11.3 Å². The van der Waals surface area contributed by atoms with Crippen molar-refractivity contribution in [2.45, 2.75) is 12.9 Å². The highest BCUT2D eigenvalue weighted by atomic mass is 19.4. The Balaban J connectivity index is 2.05. The molecular formula is C16H14F3NO3. The first-order valence-corrected chi connectivity index (χ1v) is 6.65. The lowest BCUT2D eigenvalue weighted by atomic mass is 10.2. The van der Waals surface area contributed by atoms with Crippen LogP contribution in [0.15, 0.2) is 53.2 Å². The minimum Gasteiger partial charge on any atom is -0.465 e. The summed E-state index contributed by atoms with van der Waals surface area (Å²) in [6.45, 7) is -0.0203. The van der Waals surface area contributed by atoms with Crippen molar-refractivity contribution >= 4 is 12.0 Å². The molecule has 122 valence electrons.